The molecule has 1 saturated heterocycles. The number of hydrogen-bond donors (Lipinski definition) is 1. The minimum Gasteiger partial charge on any atom is -0.356 e. The lowest BCUT2D eigenvalue weighted by atomic mass is 9.97. The summed E-state index contributed by atoms with van der Waals surface area (Å²) in [6.45, 7) is 4.07. The van der Waals surface area contributed by atoms with E-state index in [4.69, 9.17) is 0 Å². The molecular weight excluding hydrogens is 412 g/mol. The summed E-state index contributed by atoms with van der Waals surface area (Å²) in [5, 5.41) is 9.14. The van der Waals surface area contributed by atoms with Gasteiger partial charge in [0.1, 0.15) is 0 Å². The Morgan fingerprint density at radius 1 is 1.13 bits per heavy atom. The Hall–Kier alpha value is -2.71. The maximum absolute atomic E-state index is 13.1. The number of aromatic nitrogens is 2. The van der Waals surface area contributed by atoms with Crippen molar-refractivity contribution in [2.24, 2.45) is 5.92 Å². The molecule has 0 atom stereocenters. The molecule has 2 aromatic carbocycles. The third-order valence-corrected chi connectivity index (χ3v) is 7.70. The second kappa shape index (κ2) is 9.20. The van der Waals surface area contributed by atoms with Crippen molar-refractivity contribution in [2.75, 3.05) is 19.6 Å². The van der Waals surface area contributed by atoms with E-state index in [1.165, 1.54) is 4.31 Å². The van der Waals surface area contributed by atoms with Gasteiger partial charge in [-0.2, -0.15) is 9.40 Å². The largest absolute Gasteiger partial charge is 0.356 e. The average molecular weight is 441 g/mol. The van der Waals surface area contributed by atoms with Crippen molar-refractivity contribution >= 4 is 26.7 Å². The lowest BCUT2D eigenvalue weighted by Gasteiger charge is -2.30. The molecule has 2 heterocycles. The van der Waals surface area contributed by atoms with E-state index in [2.05, 4.69) is 10.4 Å². The van der Waals surface area contributed by atoms with Gasteiger partial charge in [0.25, 0.3) is 0 Å². The normalized spacial score (nSPS) is 15.9. The van der Waals surface area contributed by atoms with E-state index >= 15 is 0 Å². The van der Waals surface area contributed by atoms with Crippen LogP contribution in [0.3, 0.4) is 0 Å². The van der Waals surface area contributed by atoms with Crippen LogP contribution in [0, 0.1) is 12.8 Å². The van der Waals surface area contributed by atoms with Crippen LogP contribution in [-0.4, -0.2) is 48.0 Å². The summed E-state index contributed by atoms with van der Waals surface area (Å²) in [5.41, 5.74) is 1.12. The monoisotopic (exact) mass is 440 g/mol. The Balaban J connectivity index is 1.28. The van der Waals surface area contributed by atoms with Gasteiger partial charge < -0.3 is 5.32 Å². The minimum atomic E-state index is -3.56. The fraction of sp³-hybridized carbons (Fsp3) is 0.391. The second-order valence-corrected chi connectivity index (χ2v) is 10.1. The van der Waals surface area contributed by atoms with Crippen LogP contribution in [0.2, 0.25) is 0 Å². The lowest BCUT2D eigenvalue weighted by Crippen LogP contribution is -2.43. The average Bonchev–Trinajstić information content (AvgIpc) is 3.21. The Kier molecular flexibility index (Phi) is 6.38. The van der Waals surface area contributed by atoms with E-state index < -0.39 is 10.0 Å². The summed E-state index contributed by atoms with van der Waals surface area (Å²) in [6, 6.07) is 12.9. The molecule has 3 aromatic rings. The summed E-state index contributed by atoms with van der Waals surface area (Å²) in [4.78, 5) is 12.8. The van der Waals surface area contributed by atoms with Crippen molar-refractivity contribution in [1.82, 2.24) is 19.4 Å². The van der Waals surface area contributed by atoms with Gasteiger partial charge >= 0.3 is 0 Å². The molecular formula is C23H28N4O3S. The number of carbonyl (C=O) groups excluding carboxylic acids is 1. The first-order valence-electron chi connectivity index (χ1n) is 10.7. The lowest BCUT2D eigenvalue weighted by molar-refractivity contribution is -0.126. The molecule has 1 N–H and O–H groups in total. The molecule has 0 radical (unpaired) electrons. The number of nitrogens with one attached hydrogen (secondary N) is 1. The van der Waals surface area contributed by atoms with Gasteiger partial charge in [-0.25, -0.2) is 8.42 Å². The number of piperidine rings is 1. The number of sulfonamides is 1. The summed E-state index contributed by atoms with van der Waals surface area (Å²) in [5.74, 6) is -0.130. The Bertz CT molecular complexity index is 1160. The molecule has 1 aliphatic heterocycles. The molecule has 0 bridgehead atoms. The van der Waals surface area contributed by atoms with E-state index in [9.17, 15) is 13.2 Å². The first-order chi connectivity index (χ1) is 14.9. The number of benzene rings is 2. The van der Waals surface area contributed by atoms with Crippen LogP contribution in [-0.2, 0) is 21.4 Å². The molecule has 4 rings (SSSR count). The van der Waals surface area contributed by atoms with Crippen LogP contribution in [0.4, 0.5) is 0 Å². The van der Waals surface area contributed by atoms with Gasteiger partial charge in [-0.1, -0.05) is 30.3 Å². The van der Waals surface area contributed by atoms with Crippen molar-refractivity contribution < 1.29 is 13.2 Å². The van der Waals surface area contributed by atoms with E-state index in [1.54, 1.807) is 12.1 Å². The van der Waals surface area contributed by atoms with Gasteiger partial charge in [-0.05, 0) is 54.7 Å². The molecule has 164 valence electrons. The predicted molar refractivity (Wildman–Crippen MR) is 120 cm³/mol. The van der Waals surface area contributed by atoms with Crippen LogP contribution < -0.4 is 5.32 Å². The quantitative estimate of drug-likeness (QED) is 0.573. The van der Waals surface area contributed by atoms with Gasteiger partial charge in [0.15, 0.2) is 0 Å². The van der Waals surface area contributed by atoms with Crippen LogP contribution in [0.25, 0.3) is 10.8 Å². The highest BCUT2D eigenvalue weighted by atomic mass is 32.2. The number of carbonyl (C=O) groups is 1. The zero-order chi connectivity index (χ0) is 21.8. The van der Waals surface area contributed by atoms with E-state index in [-0.39, 0.29) is 11.8 Å². The van der Waals surface area contributed by atoms with Crippen LogP contribution in [0.1, 0.15) is 24.8 Å². The number of hydrogen-bond acceptors (Lipinski definition) is 4. The summed E-state index contributed by atoms with van der Waals surface area (Å²) >= 11 is 0. The van der Waals surface area contributed by atoms with Crippen molar-refractivity contribution in [2.45, 2.75) is 37.6 Å². The van der Waals surface area contributed by atoms with Gasteiger partial charge in [0.2, 0.25) is 15.9 Å². The Morgan fingerprint density at radius 3 is 2.58 bits per heavy atom. The first kappa shape index (κ1) is 21.5. The molecule has 1 amide bonds. The number of rotatable bonds is 7. The molecule has 0 saturated carbocycles. The molecule has 1 aromatic heterocycles. The zero-order valence-electron chi connectivity index (χ0n) is 17.7. The van der Waals surface area contributed by atoms with E-state index in [0.717, 1.165) is 29.3 Å². The van der Waals surface area contributed by atoms with E-state index in [1.807, 2.05) is 54.3 Å². The molecule has 1 fully saturated rings. The standard InChI is InChI=1S/C23H28N4O3S/c1-18-16-25-26(17-18)12-4-11-24-23(28)20-9-13-27(14-10-20)31(29,30)22-8-7-19-5-2-3-6-21(19)15-22/h2-3,5-8,15-17,20H,4,9-14H2,1H3,(H,24,28). The summed E-state index contributed by atoms with van der Waals surface area (Å²) < 4.78 is 29.5. The van der Waals surface area contributed by atoms with Crippen LogP contribution in [0.15, 0.2) is 59.8 Å². The molecule has 1 aliphatic rings. The fourth-order valence-electron chi connectivity index (χ4n) is 4.02. The maximum atomic E-state index is 13.1. The highest BCUT2D eigenvalue weighted by Crippen LogP contribution is 2.26. The van der Waals surface area contributed by atoms with Crippen molar-refractivity contribution in [3.8, 4) is 0 Å². The maximum Gasteiger partial charge on any atom is 0.243 e. The minimum absolute atomic E-state index is 0.0133. The molecule has 0 unspecified atom stereocenters. The molecule has 8 heteroatoms. The Morgan fingerprint density at radius 2 is 1.87 bits per heavy atom. The highest BCUT2D eigenvalue weighted by molar-refractivity contribution is 7.89. The first-order valence-corrected chi connectivity index (χ1v) is 12.1. The molecule has 0 spiro atoms. The smallest absolute Gasteiger partial charge is 0.243 e. The second-order valence-electron chi connectivity index (χ2n) is 8.11. The summed E-state index contributed by atoms with van der Waals surface area (Å²) in [7, 11) is -3.56. The third kappa shape index (κ3) is 4.97. The number of aryl methyl sites for hydroxylation is 2. The van der Waals surface area contributed by atoms with E-state index in [0.29, 0.717) is 37.4 Å². The molecule has 31 heavy (non-hydrogen) atoms. The molecule has 7 nitrogen and oxygen atoms in total. The van der Waals surface area contributed by atoms with Gasteiger partial charge in [0.05, 0.1) is 11.1 Å². The number of nitrogens with zero attached hydrogens (tertiary/aromatic N) is 3. The van der Waals surface area contributed by atoms with Crippen molar-refractivity contribution in [1.29, 1.82) is 0 Å². The van der Waals surface area contributed by atoms with Crippen molar-refractivity contribution in [3.63, 3.8) is 0 Å². The number of fused-ring (bicyclic) bond motifs is 1. The zero-order valence-corrected chi connectivity index (χ0v) is 18.5. The van der Waals surface area contributed by atoms with Gasteiger partial charge in [-0.3, -0.25) is 9.48 Å². The SMILES string of the molecule is Cc1cnn(CCCNC(=O)C2CCN(S(=O)(=O)c3ccc4ccccc4c3)CC2)c1. The fourth-order valence-corrected chi connectivity index (χ4v) is 5.53. The summed E-state index contributed by atoms with van der Waals surface area (Å²) in [6.07, 6.45) is 5.68. The van der Waals surface area contributed by atoms with Gasteiger partial charge in [0, 0.05) is 38.3 Å². The predicted octanol–water partition coefficient (Wildman–Crippen LogP) is 2.95. The van der Waals surface area contributed by atoms with Crippen LogP contribution in [0.5, 0.6) is 0 Å². The Labute approximate surface area is 183 Å². The van der Waals surface area contributed by atoms with Crippen molar-refractivity contribution in [3.05, 3.63) is 60.4 Å². The number of amides is 1. The van der Waals surface area contributed by atoms with Gasteiger partial charge in [-0.15, -0.1) is 0 Å². The third-order valence-electron chi connectivity index (χ3n) is 5.81. The highest BCUT2D eigenvalue weighted by Gasteiger charge is 2.32. The molecule has 0 aliphatic carbocycles. The van der Waals surface area contributed by atoms with Crippen LogP contribution >= 0.6 is 0 Å². The topological polar surface area (TPSA) is 84.3 Å².